The van der Waals surface area contributed by atoms with Gasteiger partial charge in [-0.25, -0.2) is 0 Å². The summed E-state index contributed by atoms with van der Waals surface area (Å²) < 4.78 is 0. The molecule has 1 aliphatic heterocycles. The molecule has 1 saturated heterocycles. The van der Waals surface area contributed by atoms with Gasteiger partial charge in [-0.05, 0) is 44.9 Å². The molecule has 3 unspecified atom stereocenters. The molecule has 5 nitrogen and oxygen atoms in total. The maximum absolute atomic E-state index is 12.5. The van der Waals surface area contributed by atoms with E-state index in [-0.39, 0.29) is 22.5 Å². The highest BCUT2D eigenvalue weighted by atomic mass is 35.5. The van der Waals surface area contributed by atoms with Crippen molar-refractivity contribution in [3.05, 3.63) is 33.8 Å². The smallest absolute Gasteiger partial charge is 0.253 e. The number of rotatable bonds is 4. The van der Waals surface area contributed by atoms with Crippen molar-refractivity contribution in [2.45, 2.75) is 32.4 Å². The Kier molecular flexibility index (Phi) is 5.89. The van der Waals surface area contributed by atoms with Gasteiger partial charge in [0, 0.05) is 12.6 Å². The highest BCUT2D eigenvalue weighted by Crippen LogP contribution is 2.26. The quantitative estimate of drug-likeness (QED) is 0.867. The Morgan fingerprint density at radius 2 is 2.13 bits per heavy atom. The lowest BCUT2D eigenvalue weighted by Crippen LogP contribution is -2.48. The zero-order valence-electron chi connectivity index (χ0n) is 13.2. The summed E-state index contributed by atoms with van der Waals surface area (Å²) in [6.07, 6.45) is 0.892. The molecule has 3 atom stereocenters. The molecule has 126 valence electrons. The highest BCUT2D eigenvalue weighted by molar-refractivity contribution is 6.43. The van der Waals surface area contributed by atoms with Crippen molar-refractivity contribution in [1.82, 2.24) is 10.2 Å². The summed E-state index contributed by atoms with van der Waals surface area (Å²) in [6, 6.07) is 4.31. The maximum Gasteiger partial charge on any atom is 0.253 e. The summed E-state index contributed by atoms with van der Waals surface area (Å²) in [6.45, 7) is 4.86. The van der Waals surface area contributed by atoms with Crippen LogP contribution in [0.4, 0.5) is 0 Å². The van der Waals surface area contributed by atoms with Gasteiger partial charge in [-0.3, -0.25) is 9.59 Å². The molecule has 1 fully saturated rings. The maximum atomic E-state index is 12.5. The normalized spacial score (nSPS) is 22.0. The Hall–Kier alpha value is -1.30. The van der Waals surface area contributed by atoms with E-state index in [2.05, 4.69) is 5.32 Å². The molecule has 1 aliphatic rings. The Bertz CT molecular complexity index is 609. The number of benzene rings is 1. The Labute approximate surface area is 146 Å². The molecule has 2 rings (SSSR count). The molecule has 0 bridgehead atoms. The second-order valence-electron chi connectivity index (χ2n) is 5.97. The van der Waals surface area contributed by atoms with Crippen molar-refractivity contribution < 1.29 is 9.59 Å². The number of hydrogen-bond donors (Lipinski definition) is 2. The monoisotopic (exact) mass is 357 g/mol. The van der Waals surface area contributed by atoms with Gasteiger partial charge in [0.1, 0.15) is 6.04 Å². The minimum Gasteiger partial charge on any atom is -0.340 e. The van der Waals surface area contributed by atoms with E-state index in [0.29, 0.717) is 24.0 Å². The molecule has 1 aromatic rings. The van der Waals surface area contributed by atoms with Crippen molar-refractivity contribution in [3.8, 4) is 0 Å². The molecule has 0 radical (unpaired) electrons. The summed E-state index contributed by atoms with van der Waals surface area (Å²) >= 11 is 12.0. The number of nitrogens with two attached hydrogens (primary N) is 1. The van der Waals surface area contributed by atoms with Crippen LogP contribution in [0.2, 0.25) is 10.0 Å². The van der Waals surface area contributed by atoms with E-state index in [4.69, 9.17) is 28.9 Å². The molecule has 1 aromatic carbocycles. The topological polar surface area (TPSA) is 75.4 Å². The fraction of sp³-hybridized carbons (Fsp3) is 0.500. The molecule has 0 saturated carbocycles. The summed E-state index contributed by atoms with van der Waals surface area (Å²) in [5.41, 5.74) is 5.94. The largest absolute Gasteiger partial charge is 0.340 e. The van der Waals surface area contributed by atoms with Crippen LogP contribution in [0.3, 0.4) is 0 Å². The lowest BCUT2D eigenvalue weighted by atomic mass is 10.1. The van der Waals surface area contributed by atoms with Crippen LogP contribution in [-0.4, -0.2) is 41.9 Å². The van der Waals surface area contributed by atoms with Gasteiger partial charge in [-0.15, -0.1) is 0 Å². The van der Waals surface area contributed by atoms with Crippen LogP contribution in [0.5, 0.6) is 0 Å². The van der Waals surface area contributed by atoms with Crippen LogP contribution in [0, 0.1) is 5.92 Å². The second-order valence-corrected chi connectivity index (χ2v) is 6.76. The zero-order valence-corrected chi connectivity index (χ0v) is 14.7. The van der Waals surface area contributed by atoms with Gasteiger partial charge >= 0.3 is 0 Å². The van der Waals surface area contributed by atoms with Gasteiger partial charge < -0.3 is 16.0 Å². The average Bonchev–Trinajstić information content (AvgIpc) is 2.90. The summed E-state index contributed by atoms with van der Waals surface area (Å²) in [5, 5.41) is 3.18. The van der Waals surface area contributed by atoms with Crippen LogP contribution in [0.25, 0.3) is 0 Å². The Morgan fingerprint density at radius 1 is 1.43 bits per heavy atom. The van der Waals surface area contributed by atoms with E-state index in [9.17, 15) is 9.59 Å². The van der Waals surface area contributed by atoms with Crippen LogP contribution in [-0.2, 0) is 4.79 Å². The van der Waals surface area contributed by atoms with E-state index < -0.39 is 11.9 Å². The first-order valence-electron chi connectivity index (χ1n) is 7.60. The molecular weight excluding hydrogens is 337 g/mol. The van der Waals surface area contributed by atoms with E-state index >= 15 is 0 Å². The number of likely N-dealkylation sites (tertiary alicyclic amines) is 1. The first-order valence-corrected chi connectivity index (χ1v) is 8.36. The molecule has 0 spiro atoms. The Balaban J connectivity index is 2.04. The SMILES string of the molecule is CC(NC(=O)c1cccc(Cl)c1Cl)C(=O)N1CC(CN)CC1C. The zero-order chi connectivity index (χ0) is 17.1. The molecule has 0 aliphatic carbocycles. The van der Waals surface area contributed by atoms with E-state index in [0.717, 1.165) is 6.42 Å². The number of amides is 2. The van der Waals surface area contributed by atoms with Crippen molar-refractivity contribution >= 4 is 35.0 Å². The van der Waals surface area contributed by atoms with Gasteiger partial charge in [0.2, 0.25) is 5.91 Å². The minimum atomic E-state index is -0.642. The first kappa shape index (κ1) is 18.0. The van der Waals surface area contributed by atoms with E-state index in [1.807, 2.05) is 6.92 Å². The standard InChI is InChI=1S/C16H21Cl2N3O2/c1-9-6-11(7-19)8-21(9)16(23)10(2)20-15(22)12-4-3-5-13(17)14(12)18/h3-5,9-11H,6-8,19H2,1-2H3,(H,20,22). The third-order valence-corrected chi connectivity index (χ3v) is 5.01. The van der Waals surface area contributed by atoms with Crippen molar-refractivity contribution in [3.63, 3.8) is 0 Å². The third-order valence-electron chi connectivity index (χ3n) is 4.19. The molecule has 0 aromatic heterocycles. The number of carbonyl (C=O) groups excluding carboxylic acids is 2. The number of halogens is 2. The molecule has 2 amide bonds. The van der Waals surface area contributed by atoms with Gasteiger partial charge in [0.05, 0.1) is 15.6 Å². The number of carbonyl (C=O) groups is 2. The number of nitrogens with zero attached hydrogens (tertiary/aromatic N) is 1. The van der Waals surface area contributed by atoms with Crippen LogP contribution in [0.15, 0.2) is 18.2 Å². The summed E-state index contributed by atoms with van der Waals surface area (Å²) in [7, 11) is 0. The van der Waals surface area contributed by atoms with Crippen LogP contribution >= 0.6 is 23.2 Å². The van der Waals surface area contributed by atoms with Gasteiger partial charge in [0.15, 0.2) is 0 Å². The van der Waals surface area contributed by atoms with Crippen molar-refractivity contribution in [2.24, 2.45) is 11.7 Å². The highest BCUT2D eigenvalue weighted by Gasteiger charge is 2.34. The summed E-state index contributed by atoms with van der Waals surface area (Å²) in [4.78, 5) is 26.6. The van der Waals surface area contributed by atoms with Crippen LogP contribution < -0.4 is 11.1 Å². The second kappa shape index (κ2) is 7.51. The predicted octanol–water partition coefficient (Wildman–Crippen LogP) is 2.31. The Morgan fingerprint density at radius 3 is 2.74 bits per heavy atom. The predicted molar refractivity (Wildman–Crippen MR) is 91.7 cm³/mol. The number of nitrogens with one attached hydrogen (secondary N) is 1. The minimum absolute atomic E-state index is 0.111. The van der Waals surface area contributed by atoms with Gasteiger partial charge in [0.25, 0.3) is 5.91 Å². The molecule has 3 N–H and O–H groups in total. The first-order chi connectivity index (χ1) is 10.8. The average molecular weight is 358 g/mol. The van der Waals surface area contributed by atoms with Gasteiger partial charge in [-0.2, -0.15) is 0 Å². The number of hydrogen-bond acceptors (Lipinski definition) is 3. The lowest BCUT2D eigenvalue weighted by molar-refractivity contribution is -0.133. The van der Waals surface area contributed by atoms with E-state index in [1.165, 1.54) is 0 Å². The molecule has 1 heterocycles. The van der Waals surface area contributed by atoms with Crippen molar-refractivity contribution in [1.29, 1.82) is 0 Å². The van der Waals surface area contributed by atoms with Crippen LogP contribution in [0.1, 0.15) is 30.6 Å². The fourth-order valence-electron chi connectivity index (χ4n) is 2.88. The lowest BCUT2D eigenvalue weighted by Gasteiger charge is -2.25. The summed E-state index contributed by atoms with van der Waals surface area (Å²) in [5.74, 6) is -0.209. The third kappa shape index (κ3) is 3.97. The van der Waals surface area contributed by atoms with Crippen molar-refractivity contribution in [2.75, 3.05) is 13.1 Å². The molecule has 7 heteroatoms. The van der Waals surface area contributed by atoms with Gasteiger partial charge in [-0.1, -0.05) is 29.3 Å². The molecular formula is C16H21Cl2N3O2. The fourth-order valence-corrected chi connectivity index (χ4v) is 3.27. The van der Waals surface area contributed by atoms with E-state index in [1.54, 1.807) is 30.0 Å². The molecule has 23 heavy (non-hydrogen) atoms.